The van der Waals surface area contributed by atoms with Crippen molar-refractivity contribution in [3.05, 3.63) is 0 Å². The zero-order valence-electron chi connectivity index (χ0n) is 13.9. The maximum absolute atomic E-state index is 12.6. The lowest BCUT2D eigenvalue weighted by molar-refractivity contribution is -0.145. The number of sulfonamides is 1. The first-order valence-electron chi connectivity index (χ1n) is 8.60. The number of amides is 1. The summed E-state index contributed by atoms with van der Waals surface area (Å²) in [5, 5.41) is 0. The van der Waals surface area contributed by atoms with E-state index in [2.05, 4.69) is 0 Å². The number of hydrogen-bond acceptors (Lipinski definition) is 6. The Hall–Kier alpha value is -0.740. The molecule has 3 saturated heterocycles. The van der Waals surface area contributed by atoms with Gasteiger partial charge in [0, 0.05) is 45.3 Å². The second-order valence-electron chi connectivity index (χ2n) is 6.45. The van der Waals surface area contributed by atoms with Crippen molar-refractivity contribution in [1.82, 2.24) is 9.21 Å². The van der Waals surface area contributed by atoms with E-state index in [-0.39, 0.29) is 17.6 Å². The third kappa shape index (κ3) is 4.45. The molecule has 0 aliphatic carbocycles. The van der Waals surface area contributed by atoms with Crippen LogP contribution < -0.4 is 0 Å². The Kier molecular flexibility index (Phi) is 6.09. The fourth-order valence-electron chi connectivity index (χ4n) is 3.39. The lowest BCUT2D eigenvalue weighted by atomic mass is 9.98. The number of rotatable bonds is 4. The molecule has 0 saturated carbocycles. The molecule has 0 aromatic rings. The van der Waals surface area contributed by atoms with Gasteiger partial charge in [0.05, 0.1) is 31.7 Å². The maximum atomic E-state index is 12.6. The summed E-state index contributed by atoms with van der Waals surface area (Å²) in [6.45, 7) is 4.14. The molecule has 3 rings (SSSR count). The molecule has 0 unspecified atom stereocenters. The molecule has 3 aliphatic heterocycles. The van der Waals surface area contributed by atoms with Crippen LogP contribution in [-0.2, 0) is 29.0 Å². The predicted molar refractivity (Wildman–Crippen MR) is 86.0 cm³/mol. The molecule has 9 heteroatoms. The van der Waals surface area contributed by atoms with Crippen molar-refractivity contribution < 1.29 is 27.4 Å². The number of morpholine rings is 2. The fourth-order valence-corrected chi connectivity index (χ4v) is 4.98. The highest BCUT2D eigenvalue weighted by atomic mass is 32.2. The second-order valence-corrected chi connectivity index (χ2v) is 8.47. The number of ether oxygens (including phenoxy) is 3. The molecule has 8 nitrogen and oxygen atoms in total. The van der Waals surface area contributed by atoms with Crippen molar-refractivity contribution in [2.24, 2.45) is 5.92 Å². The van der Waals surface area contributed by atoms with Crippen molar-refractivity contribution >= 4 is 15.9 Å². The first-order chi connectivity index (χ1) is 11.6. The summed E-state index contributed by atoms with van der Waals surface area (Å²) in [6.07, 6.45) is 1.02. The van der Waals surface area contributed by atoms with E-state index in [1.807, 2.05) is 0 Å². The van der Waals surface area contributed by atoms with Crippen LogP contribution in [0.5, 0.6) is 0 Å². The van der Waals surface area contributed by atoms with Crippen molar-refractivity contribution in [2.75, 3.05) is 65.0 Å². The van der Waals surface area contributed by atoms with Gasteiger partial charge in [-0.05, 0) is 12.8 Å². The molecule has 24 heavy (non-hydrogen) atoms. The quantitative estimate of drug-likeness (QED) is 0.658. The van der Waals surface area contributed by atoms with Gasteiger partial charge >= 0.3 is 0 Å². The molecule has 0 radical (unpaired) electrons. The second kappa shape index (κ2) is 8.09. The summed E-state index contributed by atoms with van der Waals surface area (Å²) in [5.41, 5.74) is 0. The highest BCUT2D eigenvalue weighted by Crippen LogP contribution is 2.20. The zero-order chi connectivity index (χ0) is 17.0. The Labute approximate surface area is 143 Å². The van der Waals surface area contributed by atoms with Crippen LogP contribution in [0.2, 0.25) is 0 Å². The first-order valence-corrected chi connectivity index (χ1v) is 10.2. The van der Waals surface area contributed by atoms with Gasteiger partial charge in [0.1, 0.15) is 0 Å². The highest BCUT2D eigenvalue weighted by molar-refractivity contribution is 7.89. The summed E-state index contributed by atoms with van der Waals surface area (Å²) in [6, 6.07) is 0. The molecular weight excluding hydrogens is 336 g/mol. The summed E-state index contributed by atoms with van der Waals surface area (Å²) in [7, 11) is -3.39. The van der Waals surface area contributed by atoms with Gasteiger partial charge in [-0.2, -0.15) is 4.31 Å². The maximum Gasteiger partial charge on any atom is 0.226 e. The summed E-state index contributed by atoms with van der Waals surface area (Å²) >= 11 is 0. The van der Waals surface area contributed by atoms with E-state index in [0.717, 1.165) is 12.8 Å². The van der Waals surface area contributed by atoms with E-state index in [1.165, 1.54) is 4.31 Å². The van der Waals surface area contributed by atoms with Gasteiger partial charge in [0.15, 0.2) is 0 Å². The minimum atomic E-state index is -3.39. The van der Waals surface area contributed by atoms with Crippen molar-refractivity contribution in [3.63, 3.8) is 0 Å². The van der Waals surface area contributed by atoms with Gasteiger partial charge in [-0.1, -0.05) is 0 Å². The van der Waals surface area contributed by atoms with E-state index in [0.29, 0.717) is 59.2 Å². The molecule has 0 spiro atoms. The standard InChI is InChI=1S/C15H26N2O6S/c18-15(13-1-6-21-7-2-13)16-3-10-23-14(11-16)12-24(19,20)17-4-8-22-9-5-17/h13-14H,1-12H2/t14-/m1/s1. The summed E-state index contributed by atoms with van der Waals surface area (Å²) < 4.78 is 42.6. The molecule has 0 bridgehead atoms. The largest absolute Gasteiger partial charge is 0.381 e. The molecule has 0 aromatic heterocycles. The van der Waals surface area contributed by atoms with Gasteiger partial charge in [-0.3, -0.25) is 4.79 Å². The molecule has 0 aromatic carbocycles. The van der Waals surface area contributed by atoms with Crippen LogP contribution in [0.25, 0.3) is 0 Å². The minimum Gasteiger partial charge on any atom is -0.381 e. The number of carbonyl (C=O) groups excluding carboxylic acids is 1. The third-order valence-corrected chi connectivity index (χ3v) is 6.73. The fraction of sp³-hybridized carbons (Fsp3) is 0.933. The zero-order valence-corrected chi connectivity index (χ0v) is 14.7. The Morgan fingerprint density at radius 2 is 1.62 bits per heavy atom. The monoisotopic (exact) mass is 362 g/mol. The SMILES string of the molecule is O=C(C1CCOCC1)N1CCO[C@@H](CS(=O)(=O)N2CCOCC2)C1. The van der Waals surface area contributed by atoms with Crippen LogP contribution in [0, 0.1) is 5.92 Å². The Balaban J connectivity index is 1.55. The van der Waals surface area contributed by atoms with Crippen molar-refractivity contribution in [1.29, 1.82) is 0 Å². The average Bonchev–Trinajstić information content (AvgIpc) is 2.62. The molecule has 1 atom stereocenters. The molecule has 3 aliphatic rings. The predicted octanol–water partition coefficient (Wildman–Crippen LogP) is -0.698. The average molecular weight is 362 g/mol. The van der Waals surface area contributed by atoms with E-state index in [1.54, 1.807) is 4.90 Å². The van der Waals surface area contributed by atoms with Crippen LogP contribution >= 0.6 is 0 Å². The first kappa shape index (κ1) is 18.1. The van der Waals surface area contributed by atoms with Gasteiger partial charge in [-0.15, -0.1) is 0 Å². The van der Waals surface area contributed by atoms with Gasteiger partial charge < -0.3 is 19.1 Å². The molecule has 1 amide bonds. The van der Waals surface area contributed by atoms with Gasteiger partial charge in [0.25, 0.3) is 0 Å². The van der Waals surface area contributed by atoms with Gasteiger partial charge in [0.2, 0.25) is 15.9 Å². The van der Waals surface area contributed by atoms with Crippen LogP contribution in [0.3, 0.4) is 0 Å². The van der Waals surface area contributed by atoms with Crippen LogP contribution in [0.15, 0.2) is 0 Å². The summed E-state index contributed by atoms with van der Waals surface area (Å²) in [4.78, 5) is 14.4. The summed E-state index contributed by atoms with van der Waals surface area (Å²) in [5.74, 6) is 0.0219. The molecule has 3 fully saturated rings. The molecule has 3 heterocycles. The molecular formula is C15H26N2O6S. The smallest absolute Gasteiger partial charge is 0.226 e. The van der Waals surface area contributed by atoms with Crippen LogP contribution in [-0.4, -0.2) is 94.6 Å². The van der Waals surface area contributed by atoms with Crippen molar-refractivity contribution in [3.8, 4) is 0 Å². The lowest BCUT2D eigenvalue weighted by Gasteiger charge is -2.36. The van der Waals surface area contributed by atoms with Crippen LogP contribution in [0.1, 0.15) is 12.8 Å². The number of hydrogen-bond donors (Lipinski definition) is 0. The highest BCUT2D eigenvalue weighted by Gasteiger charge is 2.34. The van der Waals surface area contributed by atoms with Crippen molar-refractivity contribution in [2.45, 2.75) is 18.9 Å². The van der Waals surface area contributed by atoms with E-state index in [9.17, 15) is 13.2 Å². The number of carbonyl (C=O) groups is 1. The van der Waals surface area contributed by atoms with Crippen LogP contribution in [0.4, 0.5) is 0 Å². The van der Waals surface area contributed by atoms with E-state index >= 15 is 0 Å². The third-order valence-electron chi connectivity index (χ3n) is 4.78. The topological polar surface area (TPSA) is 85.4 Å². The normalized spacial score (nSPS) is 28.0. The Morgan fingerprint density at radius 1 is 0.958 bits per heavy atom. The van der Waals surface area contributed by atoms with Gasteiger partial charge in [-0.25, -0.2) is 8.42 Å². The Morgan fingerprint density at radius 3 is 2.33 bits per heavy atom. The Bertz CT molecular complexity index is 528. The minimum absolute atomic E-state index is 0.00616. The van der Waals surface area contributed by atoms with E-state index < -0.39 is 16.1 Å². The lowest BCUT2D eigenvalue weighted by Crippen LogP contribution is -2.52. The molecule has 0 N–H and O–H groups in total. The number of nitrogens with zero attached hydrogens (tertiary/aromatic N) is 2. The van der Waals surface area contributed by atoms with E-state index in [4.69, 9.17) is 14.2 Å². The molecule has 138 valence electrons.